The van der Waals surface area contributed by atoms with Crippen LogP contribution in [0.3, 0.4) is 0 Å². The summed E-state index contributed by atoms with van der Waals surface area (Å²) in [5, 5.41) is 6.16. The lowest BCUT2D eigenvalue weighted by Gasteiger charge is -2.30. The normalized spacial score (nSPS) is 14.5. The smallest absolute Gasteiger partial charge is 0.253 e. The summed E-state index contributed by atoms with van der Waals surface area (Å²) < 4.78 is 0. The zero-order chi connectivity index (χ0) is 20.8. The highest BCUT2D eigenvalue weighted by Crippen LogP contribution is 2.21. The first-order valence-electron chi connectivity index (χ1n) is 10.5. The maximum atomic E-state index is 12.8. The number of para-hydroxylation sites is 1. The van der Waals surface area contributed by atoms with Gasteiger partial charge in [0.2, 0.25) is 5.91 Å². The van der Waals surface area contributed by atoms with Gasteiger partial charge in [-0.15, -0.1) is 0 Å². The number of likely N-dealkylation sites (tertiary alicyclic amines) is 1. The molecule has 0 aromatic heterocycles. The fourth-order valence-corrected chi connectivity index (χ4v) is 3.77. The molecular weight excluding hydrogens is 362 g/mol. The average Bonchev–Trinajstić information content (AvgIpc) is 2.73. The van der Waals surface area contributed by atoms with Crippen molar-refractivity contribution >= 4 is 23.2 Å². The molecule has 3 rings (SSSR count). The second-order valence-corrected chi connectivity index (χ2v) is 7.92. The number of hydrogen-bond acceptors (Lipinski definition) is 3. The van der Waals surface area contributed by atoms with Gasteiger partial charge in [0.1, 0.15) is 0 Å². The molecule has 1 heterocycles. The Morgan fingerprint density at radius 1 is 1.10 bits per heavy atom. The van der Waals surface area contributed by atoms with Gasteiger partial charge in [-0.3, -0.25) is 9.59 Å². The van der Waals surface area contributed by atoms with Crippen molar-refractivity contribution in [3.63, 3.8) is 0 Å². The number of piperidine rings is 1. The number of amides is 2. The summed E-state index contributed by atoms with van der Waals surface area (Å²) in [4.78, 5) is 27.1. The summed E-state index contributed by atoms with van der Waals surface area (Å²) in [6.07, 6.45) is 3.00. The highest BCUT2D eigenvalue weighted by Gasteiger charge is 2.21. The molecule has 1 aliphatic rings. The average molecular weight is 394 g/mol. The fourth-order valence-electron chi connectivity index (χ4n) is 3.77. The van der Waals surface area contributed by atoms with Crippen molar-refractivity contribution < 1.29 is 9.59 Å². The molecule has 2 amide bonds. The zero-order valence-corrected chi connectivity index (χ0v) is 17.6. The first-order chi connectivity index (χ1) is 14.0. The largest absolute Gasteiger partial charge is 0.376 e. The number of rotatable bonds is 6. The molecule has 2 aromatic rings. The summed E-state index contributed by atoms with van der Waals surface area (Å²) in [6.45, 7) is 8.15. The quantitative estimate of drug-likeness (QED) is 0.761. The van der Waals surface area contributed by atoms with E-state index in [1.807, 2.05) is 42.2 Å². The van der Waals surface area contributed by atoms with Gasteiger partial charge in [0, 0.05) is 30.0 Å². The van der Waals surface area contributed by atoms with E-state index in [1.165, 1.54) is 5.56 Å². The molecule has 0 bridgehead atoms. The van der Waals surface area contributed by atoms with E-state index < -0.39 is 0 Å². The molecule has 1 aliphatic heterocycles. The van der Waals surface area contributed by atoms with Crippen LogP contribution in [0, 0.1) is 12.8 Å². The Morgan fingerprint density at radius 2 is 1.83 bits per heavy atom. The summed E-state index contributed by atoms with van der Waals surface area (Å²) in [7, 11) is 0. The second-order valence-electron chi connectivity index (χ2n) is 7.92. The molecule has 0 spiro atoms. The number of nitrogens with one attached hydrogen (secondary N) is 2. The molecule has 1 fully saturated rings. The Morgan fingerprint density at radius 3 is 2.55 bits per heavy atom. The van der Waals surface area contributed by atoms with Crippen molar-refractivity contribution in [2.75, 3.05) is 30.3 Å². The van der Waals surface area contributed by atoms with E-state index in [0.717, 1.165) is 43.6 Å². The summed E-state index contributed by atoms with van der Waals surface area (Å²) in [5.41, 5.74) is 4.61. The Balaban J connectivity index is 1.60. The molecule has 0 radical (unpaired) electrons. The maximum absolute atomic E-state index is 12.8. The van der Waals surface area contributed by atoms with Crippen molar-refractivity contribution in [1.82, 2.24) is 4.90 Å². The number of carbonyl (C=O) groups is 2. The van der Waals surface area contributed by atoms with E-state index in [0.29, 0.717) is 17.2 Å². The Bertz CT molecular complexity index is 870. The predicted octanol–water partition coefficient (Wildman–Crippen LogP) is 4.48. The second kappa shape index (κ2) is 9.59. The van der Waals surface area contributed by atoms with Gasteiger partial charge in [0.15, 0.2) is 0 Å². The van der Waals surface area contributed by atoms with E-state index in [9.17, 15) is 9.59 Å². The molecule has 1 saturated heterocycles. The molecular formula is C24H31N3O2. The van der Waals surface area contributed by atoms with Crippen LogP contribution in [0.5, 0.6) is 0 Å². The topological polar surface area (TPSA) is 61.4 Å². The minimum atomic E-state index is -0.133. The Hall–Kier alpha value is -2.82. The van der Waals surface area contributed by atoms with Crippen molar-refractivity contribution in [3.05, 3.63) is 59.2 Å². The lowest BCUT2D eigenvalue weighted by Crippen LogP contribution is -2.37. The van der Waals surface area contributed by atoms with E-state index in [2.05, 4.69) is 30.5 Å². The number of nitrogens with zero attached hydrogens (tertiary/aromatic N) is 1. The Kier molecular flexibility index (Phi) is 6.91. The lowest BCUT2D eigenvalue weighted by molar-refractivity contribution is -0.114. The summed E-state index contributed by atoms with van der Waals surface area (Å²) >= 11 is 0. The highest BCUT2D eigenvalue weighted by atomic mass is 16.2. The van der Waals surface area contributed by atoms with Crippen LogP contribution in [0.4, 0.5) is 11.4 Å². The number of hydrogen-bond donors (Lipinski definition) is 2. The predicted molar refractivity (Wildman–Crippen MR) is 118 cm³/mol. The van der Waals surface area contributed by atoms with E-state index >= 15 is 0 Å². The fraction of sp³-hybridized carbons (Fsp3) is 0.417. The van der Waals surface area contributed by atoms with Crippen molar-refractivity contribution in [2.24, 2.45) is 5.92 Å². The van der Waals surface area contributed by atoms with Crippen LogP contribution in [0.15, 0.2) is 42.5 Å². The molecule has 2 aromatic carbocycles. The number of aryl methyl sites for hydroxylation is 2. The molecule has 2 N–H and O–H groups in total. The van der Waals surface area contributed by atoms with Gasteiger partial charge in [-0.1, -0.05) is 38.1 Å². The number of carbonyl (C=O) groups excluding carboxylic acids is 2. The molecule has 5 heteroatoms. The van der Waals surface area contributed by atoms with Crippen LogP contribution in [0.25, 0.3) is 0 Å². The monoisotopic (exact) mass is 393 g/mol. The van der Waals surface area contributed by atoms with Crippen LogP contribution in [0.1, 0.15) is 48.2 Å². The molecule has 5 nitrogen and oxygen atoms in total. The van der Waals surface area contributed by atoms with Gasteiger partial charge >= 0.3 is 0 Å². The van der Waals surface area contributed by atoms with Crippen LogP contribution in [0.2, 0.25) is 0 Å². The number of anilines is 2. The molecule has 0 aliphatic carbocycles. The van der Waals surface area contributed by atoms with Gasteiger partial charge in [0.05, 0.1) is 6.54 Å². The minimum Gasteiger partial charge on any atom is -0.376 e. The molecule has 0 unspecified atom stereocenters. The third-order valence-electron chi connectivity index (χ3n) is 5.63. The zero-order valence-electron chi connectivity index (χ0n) is 17.6. The van der Waals surface area contributed by atoms with Gasteiger partial charge in [-0.25, -0.2) is 0 Å². The summed E-state index contributed by atoms with van der Waals surface area (Å²) in [5.74, 6) is 0.587. The van der Waals surface area contributed by atoms with Crippen LogP contribution in [-0.2, 0) is 11.2 Å². The van der Waals surface area contributed by atoms with Gasteiger partial charge in [0.25, 0.3) is 5.91 Å². The standard InChI is InChI=1S/C24H31N3O2/c1-4-19-8-5-7-18(3)23(19)25-16-22(28)26-21-10-6-9-20(15-21)24(29)27-13-11-17(2)12-14-27/h5-10,15,17,25H,4,11-14,16H2,1-3H3,(H,26,28). The SMILES string of the molecule is CCc1cccc(C)c1NCC(=O)Nc1cccc(C(=O)N2CCC(C)CC2)c1. The maximum Gasteiger partial charge on any atom is 0.253 e. The van der Waals surface area contributed by atoms with Crippen molar-refractivity contribution in [1.29, 1.82) is 0 Å². The van der Waals surface area contributed by atoms with Crippen LogP contribution >= 0.6 is 0 Å². The third-order valence-corrected chi connectivity index (χ3v) is 5.63. The first kappa shape index (κ1) is 20.9. The van der Waals surface area contributed by atoms with Crippen molar-refractivity contribution in [2.45, 2.75) is 40.0 Å². The lowest BCUT2D eigenvalue weighted by atomic mass is 9.98. The number of benzene rings is 2. The van der Waals surface area contributed by atoms with Crippen LogP contribution < -0.4 is 10.6 Å². The van der Waals surface area contributed by atoms with Crippen LogP contribution in [-0.4, -0.2) is 36.3 Å². The molecule has 29 heavy (non-hydrogen) atoms. The minimum absolute atomic E-state index is 0.0404. The van der Waals surface area contributed by atoms with Crippen molar-refractivity contribution in [3.8, 4) is 0 Å². The summed E-state index contributed by atoms with van der Waals surface area (Å²) in [6, 6.07) is 13.4. The Labute approximate surface area is 173 Å². The molecule has 0 atom stereocenters. The van der Waals surface area contributed by atoms with Gasteiger partial charge in [-0.05, 0) is 61.4 Å². The van der Waals surface area contributed by atoms with E-state index in [1.54, 1.807) is 6.07 Å². The first-order valence-corrected chi connectivity index (χ1v) is 10.5. The van der Waals surface area contributed by atoms with Gasteiger partial charge in [-0.2, -0.15) is 0 Å². The molecule has 0 saturated carbocycles. The van der Waals surface area contributed by atoms with E-state index in [4.69, 9.17) is 0 Å². The van der Waals surface area contributed by atoms with E-state index in [-0.39, 0.29) is 18.4 Å². The third kappa shape index (κ3) is 5.37. The molecule has 154 valence electrons. The highest BCUT2D eigenvalue weighted by molar-refractivity contribution is 5.98. The van der Waals surface area contributed by atoms with Gasteiger partial charge < -0.3 is 15.5 Å².